The molecule has 1 atom stereocenters. The normalized spacial score (nSPS) is 11.9. The van der Waals surface area contributed by atoms with Gasteiger partial charge in [0.1, 0.15) is 17.5 Å². The van der Waals surface area contributed by atoms with E-state index in [1.807, 2.05) is 25.1 Å². The van der Waals surface area contributed by atoms with Gasteiger partial charge in [-0.25, -0.2) is 0 Å². The van der Waals surface area contributed by atoms with E-state index < -0.39 is 12.0 Å². The van der Waals surface area contributed by atoms with E-state index in [1.165, 1.54) is 0 Å². The van der Waals surface area contributed by atoms with E-state index in [2.05, 4.69) is 5.32 Å². The molecule has 0 saturated carbocycles. The van der Waals surface area contributed by atoms with Crippen LogP contribution in [0.25, 0.3) is 0 Å². The Bertz CT molecular complexity index is 434. The van der Waals surface area contributed by atoms with Crippen LogP contribution in [0.2, 0.25) is 0 Å². The van der Waals surface area contributed by atoms with Crippen LogP contribution in [0.3, 0.4) is 0 Å². The smallest absolute Gasteiger partial charge is 0.320 e. The van der Waals surface area contributed by atoms with Crippen molar-refractivity contribution in [2.45, 2.75) is 38.8 Å². The van der Waals surface area contributed by atoms with Gasteiger partial charge in [-0.15, -0.1) is 0 Å². The summed E-state index contributed by atoms with van der Waals surface area (Å²) in [5.41, 5.74) is 0.884. The van der Waals surface area contributed by atoms with Crippen LogP contribution in [-0.4, -0.2) is 31.3 Å². The average molecular weight is 281 g/mol. The Morgan fingerprint density at radius 1 is 1.35 bits per heavy atom. The maximum absolute atomic E-state index is 11.2. The third kappa shape index (κ3) is 4.74. The molecular weight excluding hydrogens is 258 g/mol. The first kappa shape index (κ1) is 16.3. The van der Waals surface area contributed by atoms with Crippen molar-refractivity contribution in [3.8, 4) is 11.5 Å². The third-order valence-electron chi connectivity index (χ3n) is 3.17. The molecule has 0 aliphatic rings. The number of benzene rings is 1. The van der Waals surface area contributed by atoms with Gasteiger partial charge >= 0.3 is 5.97 Å². The van der Waals surface area contributed by atoms with Gasteiger partial charge in [-0.05, 0) is 24.6 Å². The first-order chi connectivity index (χ1) is 9.62. The van der Waals surface area contributed by atoms with Crippen molar-refractivity contribution >= 4 is 5.97 Å². The maximum Gasteiger partial charge on any atom is 0.320 e. The van der Waals surface area contributed by atoms with Crippen molar-refractivity contribution in [3.63, 3.8) is 0 Å². The van der Waals surface area contributed by atoms with Gasteiger partial charge in [-0.2, -0.15) is 0 Å². The van der Waals surface area contributed by atoms with Crippen molar-refractivity contribution in [1.82, 2.24) is 5.32 Å². The molecule has 1 aromatic carbocycles. The molecule has 5 nitrogen and oxygen atoms in total. The summed E-state index contributed by atoms with van der Waals surface area (Å²) >= 11 is 0. The van der Waals surface area contributed by atoms with Crippen molar-refractivity contribution in [2.24, 2.45) is 0 Å². The van der Waals surface area contributed by atoms with E-state index in [9.17, 15) is 9.90 Å². The fourth-order valence-corrected chi connectivity index (χ4v) is 1.97. The molecular formula is C15H23NO4. The molecule has 0 heterocycles. The molecule has 1 rings (SSSR count). The van der Waals surface area contributed by atoms with Gasteiger partial charge < -0.3 is 19.9 Å². The van der Waals surface area contributed by atoms with E-state index in [4.69, 9.17) is 9.47 Å². The highest BCUT2D eigenvalue weighted by Crippen LogP contribution is 2.24. The molecule has 0 bridgehead atoms. The lowest BCUT2D eigenvalue weighted by molar-refractivity contribution is -0.139. The zero-order chi connectivity index (χ0) is 15.0. The number of carbonyl (C=O) groups is 1. The molecule has 112 valence electrons. The molecule has 0 spiro atoms. The average Bonchev–Trinajstić information content (AvgIpc) is 2.46. The molecule has 0 unspecified atom stereocenters. The lowest BCUT2D eigenvalue weighted by Crippen LogP contribution is -2.36. The molecule has 0 radical (unpaired) electrons. The monoisotopic (exact) mass is 281 g/mol. The third-order valence-corrected chi connectivity index (χ3v) is 3.17. The standard InChI is InChI=1S/C15H23NO4/c1-4-5-6-13(15(17)18)16-10-11-9-12(19-2)7-8-14(11)20-3/h7-9,13,16H,4-6,10H2,1-3H3,(H,17,18)/t13-/m0/s1. The topological polar surface area (TPSA) is 67.8 Å². The lowest BCUT2D eigenvalue weighted by atomic mass is 10.1. The van der Waals surface area contributed by atoms with Gasteiger partial charge in [0.15, 0.2) is 0 Å². The molecule has 0 aromatic heterocycles. The van der Waals surface area contributed by atoms with Crippen LogP contribution in [0.15, 0.2) is 18.2 Å². The van der Waals surface area contributed by atoms with Crippen LogP contribution in [-0.2, 0) is 11.3 Å². The number of hydrogen-bond donors (Lipinski definition) is 2. The summed E-state index contributed by atoms with van der Waals surface area (Å²) in [7, 11) is 3.19. The van der Waals surface area contributed by atoms with E-state index in [0.717, 1.165) is 29.9 Å². The van der Waals surface area contributed by atoms with Gasteiger partial charge in [0.25, 0.3) is 0 Å². The predicted molar refractivity (Wildman–Crippen MR) is 77.3 cm³/mol. The Hall–Kier alpha value is -1.75. The summed E-state index contributed by atoms with van der Waals surface area (Å²) in [6.45, 7) is 2.48. The number of unbranched alkanes of at least 4 members (excludes halogenated alkanes) is 1. The van der Waals surface area contributed by atoms with Gasteiger partial charge in [-0.1, -0.05) is 19.8 Å². The van der Waals surface area contributed by atoms with Crippen LogP contribution < -0.4 is 14.8 Å². The minimum atomic E-state index is -0.819. The molecule has 1 aromatic rings. The van der Waals surface area contributed by atoms with Crippen LogP contribution in [0, 0.1) is 0 Å². The molecule has 0 amide bonds. The number of rotatable bonds is 9. The molecule has 0 fully saturated rings. The summed E-state index contributed by atoms with van der Waals surface area (Å²) in [5.74, 6) is 0.626. The second kappa shape index (κ2) is 8.43. The molecule has 2 N–H and O–H groups in total. The Morgan fingerprint density at radius 2 is 2.10 bits per heavy atom. The molecule has 0 aliphatic heterocycles. The van der Waals surface area contributed by atoms with E-state index in [1.54, 1.807) is 14.2 Å². The first-order valence-corrected chi connectivity index (χ1v) is 6.79. The lowest BCUT2D eigenvalue weighted by Gasteiger charge is -2.16. The number of carboxylic acid groups (broad SMARTS) is 1. The Labute approximate surface area is 119 Å². The Balaban J connectivity index is 2.73. The summed E-state index contributed by atoms with van der Waals surface area (Å²) in [6, 6.07) is 4.95. The van der Waals surface area contributed by atoms with Crippen LogP contribution in [0.1, 0.15) is 31.7 Å². The zero-order valence-electron chi connectivity index (χ0n) is 12.3. The number of nitrogens with one attached hydrogen (secondary N) is 1. The quantitative estimate of drug-likeness (QED) is 0.727. The highest BCUT2D eigenvalue weighted by atomic mass is 16.5. The van der Waals surface area contributed by atoms with Crippen molar-refractivity contribution in [2.75, 3.05) is 14.2 Å². The first-order valence-electron chi connectivity index (χ1n) is 6.79. The highest BCUT2D eigenvalue weighted by Gasteiger charge is 2.16. The number of carboxylic acids is 1. The summed E-state index contributed by atoms with van der Waals surface area (Å²) in [4.78, 5) is 11.2. The number of methoxy groups -OCH3 is 2. The number of hydrogen-bond acceptors (Lipinski definition) is 4. The zero-order valence-corrected chi connectivity index (χ0v) is 12.3. The molecule has 0 saturated heterocycles. The van der Waals surface area contributed by atoms with Crippen molar-refractivity contribution in [1.29, 1.82) is 0 Å². The van der Waals surface area contributed by atoms with Gasteiger partial charge in [-0.3, -0.25) is 4.79 Å². The van der Waals surface area contributed by atoms with Crippen molar-refractivity contribution < 1.29 is 19.4 Å². The fourth-order valence-electron chi connectivity index (χ4n) is 1.97. The minimum absolute atomic E-state index is 0.432. The van der Waals surface area contributed by atoms with Gasteiger partial charge in [0.2, 0.25) is 0 Å². The predicted octanol–water partition coefficient (Wildman–Crippen LogP) is 2.44. The Kier molecular flexibility index (Phi) is 6.87. The molecule has 5 heteroatoms. The SMILES string of the molecule is CCCC[C@H](NCc1cc(OC)ccc1OC)C(=O)O. The van der Waals surface area contributed by atoms with E-state index >= 15 is 0 Å². The summed E-state index contributed by atoms with van der Waals surface area (Å²) in [6.07, 6.45) is 2.49. The fraction of sp³-hybridized carbons (Fsp3) is 0.533. The number of aliphatic carboxylic acids is 1. The second-order valence-corrected chi connectivity index (χ2v) is 4.59. The minimum Gasteiger partial charge on any atom is -0.497 e. The van der Waals surface area contributed by atoms with Gasteiger partial charge in [0.05, 0.1) is 14.2 Å². The molecule has 20 heavy (non-hydrogen) atoms. The summed E-state index contributed by atoms with van der Waals surface area (Å²) in [5, 5.41) is 12.2. The maximum atomic E-state index is 11.2. The number of ether oxygens (including phenoxy) is 2. The van der Waals surface area contributed by atoms with Crippen LogP contribution >= 0.6 is 0 Å². The summed E-state index contributed by atoms with van der Waals surface area (Å²) < 4.78 is 10.4. The van der Waals surface area contributed by atoms with Crippen LogP contribution in [0.5, 0.6) is 11.5 Å². The van der Waals surface area contributed by atoms with Gasteiger partial charge in [0, 0.05) is 12.1 Å². The molecule has 0 aliphatic carbocycles. The van der Waals surface area contributed by atoms with E-state index in [-0.39, 0.29) is 0 Å². The second-order valence-electron chi connectivity index (χ2n) is 4.59. The largest absolute Gasteiger partial charge is 0.497 e. The van der Waals surface area contributed by atoms with E-state index in [0.29, 0.717) is 13.0 Å². The van der Waals surface area contributed by atoms with Crippen LogP contribution in [0.4, 0.5) is 0 Å². The van der Waals surface area contributed by atoms with Crippen molar-refractivity contribution in [3.05, 3.63) is 23.8 Å². The highest BCUT2D eigenvalue weighted by molar-refractivity contribution is 5.73. The Morgan fingerprint density at radius 3 is 2.65 bits per heavy atom.